The quantitative estimate of drug-likeness (QED) is 0.442. The van der Waals surface area contributed by atoms with Gasteiger partial charge in [-0.15, -0.1) is 13.2 Å². The summed E-state index contributed by atoms with van der Waals surface area (Å²) in [7, 11) is 0. The van der Waals surface area contributed by atoms with E-state index in [-0.39, 0.29) is 0 Å². The minimum Gasteiger partial charge on any atom is -0.310 e. The maximum absolute atomic E-state index is 3.96. The Morgan fingerprint density at radius 3 is 1.72 bits per heavy atom. The number of benzene rings is 3. The number of hydrogen-bond acceptors (Lipinski definition) is 1. The summed E-state index contributed by atoms with van der Waals surface area (Å²) >= 11 is 0. The van der Waals surface area contributed by atoms with Crippen LogP contribution in [0.1, 0.15) is 11.1 Å². The number of hydrogen-bond donors (Lipinski definition) is 0. The Morgan fingerprint density at radius 1 is 0.640 bits per heavy atom. The first-order valence-electron chi connectivity index (χ1n) is 8.58. The minimum absolute atomic E-state index is 0.829. The second-order valence-corrected chi connectivity index (χ2v) is 5.91. The fourth-order valence-electron chi connectivity index (χ4n) is 3.14. The summed E-state index contributed by atoms with van der Waals surface area (Å²) in [5.74, 6) is 0. The van der Waals surface area contributed by atoms with E-state index < -0.39 is 0 Å². The lowest BCUT2D eigenvalue weighted by Crippen LogP contribution is -2.13. The molecule has 0 heterocycles. The van der Waals surface area contributed by atoms with Gasteiger partial charge in [-0.2, -0.15) is 0 Å². The van der Waals surface area contributed by atoms with Crippen LogP contribution in [0.2, 0.25) is 0 Å². The maximum atomic E-state index is 3.96. The summed E-state index contributed by atoms with van der Waals surface area (Å²) in [6.45, 7) is 7.87. The van der Waals surface area contributed by atoms with Crippen LogP contribution in [0.3, 0.4) is 0 Å². The zero-order valence-electron chi connectivity index (χ0n) is 14.4. The number of anilines is 3. The van der Waals surface area contributed by atoms with Crippen molar-refractivity contribution in [2.45, 2.75) is 12.8 Å². The van der Waals surface area contributed by atoms with Gasteiger partial charge in [0.1, 0.15) is 0 Å². The predicted molar refractivity (Wildman–Crippen MR) is 109 cm³/mol. The van der Waals surface area contributed by atoms with Crippen LogP contribution < -0.4 is 4.90 Å². The van der Waals surface area contributed by atoms with Gasteiger partial charge in [-0.1, -0.05) is 60.7 Å². The van der Waals surface area contributed by atoms with Crippen molar-refractivity contribution < 1.29 is 0 Å². The normalized spacial score (nSPS) is 10.2. The smallest absolute Gasteiger partial charge is 0.0499 e. The average molecular weight is 325 g/mol. The Hall–Kier alpha value is -3.06. The molecule has 0 aliphatic rings. The molecule has 0 unspecified atom stereocenters. The molecule has 1 nitrogen and oxygen atoms in total. The van der Waals surface area contributed by atoms with E-state index in [2.05, 4.69) is 84.8 Å². The molecule has 0 atom stereocenters. The van der Waals surface area contributed by atoms with Crippen molar-refractivity contribution in [1.29, 1.82) is 0 Å². The van der Waals surface area contributed by atoms with Crippen molar-refractivity contribution in [3.63, 3.8) is 0 Å². The Balaban J connectivity index is 2.22. The maximum Gasteiger partial charge on any atom is 0.0499 e. The van der Waals surface area contributed by atoms with E-state index in [0.717, 1.165) is 24.2 Å². The van der Waals surface area contributed by atoms with Crippen molar-refractivity contribution in [3.8, 4) is 0 Å². The third kappa shape index (κ3) is 3.72. The van der Waals surface area contributed by atoms with E-state index in [0.29, 0.717) is 0 Å². The van der Waals surface area contributed by atoms with E-state index >= 15 is 0 Å². The Bertz CT molecular complexity index is 795. The molecule has 0 amide bonds. The highest BCUT2D eigenvalue weighted by Gasteiger charge is 2.16. The van der Waals surface area contributed by atoms with E-state index in [4.69, 9.17) is 0 Å². The number of nitrogens with zero attached hydrogens (tertiary/aromatic N) is 1. The highest BCUT2D eigenvalue weighted by Crippen LogP contribution is 2.37. The molecule has 0 bridgehead atoms. The first-order valence-corrected chi connectivity index (χ1v) is 8.58. The molecule has 3 aromatic rings. The molecular weight excluding hydrogens is 302 g/mol. The number of rotatable bonds is 7. The summed E-state index contributed by atoms with van der Waals surface area (Å²) < 4.78 is 0. The van der Waals surface area contributed by atoms with E-state index in [9.17, 15) is 0 Å². The SMILES string of the molecule is C=CCc1cccc(N(c2ccccc2)c2ccccc2)c1CC=C. The van der Waals surface area contributed by atoms with Crippen LogP contribution in [0.4, 0.5) is 17.1 Å². The molecule has 0 fully saturated rings. The van der Waals surface area contributed by atoms with Crippen molar-refractivity contribution in [1.82, 2.24) is 0 Å². The highest BCUT2D eigenvalue weighted by molar-refractivity contribution is 5.79. The highest BCUT2D eigenvalue weighted by atomic mass is 15.1. The average Bonchev–Trinajstić information content (AvgIpc) is 2.66. The van der Waals surface area contributed by atoms with Crippen LogP contribution >= 0.6 is 0 Å². The number of allylic oxidation sites excluding steroid dienone is 2. The Morgan fingerprint density at radius 2 is 1.20 bits per heavy atom. The fraction of sp³-hybridized carbons (Fsp3) is 0.0833. The van der Waals surface area contributed by atoms with Crippen LogP contribution in [0.15, 0.2) is 104 Å². The molecule has 0 aliphatic carbocycles. The van der Waals surface area contributed by atoms with E-state index in [1.54, 1.807) is 0 Å². The molecule has 0 aliphatic heterocycles. The molecule has 0 spiro atoms. The lowest BCUT2D eigenvalue weighted by molar-refractivity contribution is 1.12. The largest absolute Gasteiger partial charge is 0.310 e. The molecule has 3 rings (SSSR count). The monoisotopic (exact) mass is 325 g/mol. The summed E-state index contributed by atoms with van der Waals surface area (Å²) in [5, 5.41) is 0. The lowest BCUT2D eigenvalue weighted by atomic mass is 9.98. The van der Waals surface area contributed by atoms with Gasteiger partial charge in [0.15, 0.2) is 0 Å². The summed E-state index contributed by atoms with van der Waals surface area (Å²) in [5.41, 5.74) is 6.08. The summed E-state index contributed by atoms with van der Waals surface area (Å²) in [6.07, 6.45) is 5.62. The fourth-order valence-corrected chi connectivity index (χ4v) is 3.14. The molecular formula is C24H23N. The molecule has 0 saturated heterocycles. The molecule has 0 aromatic heterocycles. The minimum atomic E-state index is 0.829. The van der Waals surface area contributed by atoms with Crippen molar-refractivity contribution >= 4 is 17.1 Å². The third-order valence-electron chi connectivity index (χ3n) is 4.23. The van der Waals surface area contributed by atoms with Gasteiger partial charge < -0.3 is 4.90 Å². The van der Waals surface area contributed by atoms with Crippen LogP contribution in [0.5, 0.6) is 0 Å². The summed E-state index contributed by atoms with van der Waals surface area (Å²) in [6, 6.07) is 27.5. The predicted octanol–water partition coefficient (Wildman–Crippen LogP) is 6.61. The standard InChI is InChI=1S/C24H23N/c1-3-12-20-14-11-19-24(23(20)13-4-2)25(21-15-7-5-8-16-21)22-17-9-6-10-18-22/h3-11,14-19H,1-2,12-13H2. The lowest BCUT2D eigenvalue weighted by Gasteiger charge is -2.28. The van der Waals surface area contributed by atoms with Gasteiger partial charge in [0.25, 0.3) is 0 Å². The second-order valence-electron chi connectivity index (χ2n) is 5.91. The first kappa shape index (κ1) is 16.8. The van der Waals surface area contributed by atoms with Gasteiger partial charge >= 0.3 is 0 Å². The first-order chi connectivity index (χ1) is 12.3. The van der Waals surface area contributed by atoms with Crippen molar-refractivity contribution in [2.24, 2.45) is 0 Å². The molecule has 0 saturated carbocycles. The van der Waals surface area contributed by atoms with Crippen molar-refractivity contribution in [3.05, 3.63) is 115 Å². The van der Waals surface area contributed by atoms with Gasteiger partial charge in [-0.3, -0.25) is 0 Å². The molecule has 25 heavy (non-hydrogen) atoms. The van der Waals surface area contributed by atoms with Crippen molar-refractivity contribution in [2.75, 3.05) is 4.90 Å². The Kier molecular flexibility index (Phi) is 5.48. The zero-order valence-corrected chi connectivity index (χ0v) is 14.4. The second kappa shape index (κ2) is 8.16. The van der Waals surface area contributed by atoms with Crippen LogP contribution in [0, 0.1) is 0 Å². The molecule has 1 heteroatoms. The summed E-state index contributed by atoms with van der Waals surface area (Å²) in [4.78, 5) is 2.31. The van der Waals surface area contributed by atoms with Gasteiger partial charge in [0.05, 0.1) is 0 Å². The van der Waals surface area contributed by atoms with Gasteiger partial charge in [-0.25, -0.2) is 0 Å². The van der Waals surface area contributed by atoms with Gasteiger partial charge in [0, 0.05) is 17.1 Å². The van der Waals surface area contributed by atoms with Gasteiger partial charge in [-0.05, 0) is 54.3 Å². The molecule has 3 aromatic carbocycles. The van der Waals surface area contributed by atoms with Crippen LogP contribution in [-0.4, -0.2) is 0 Å². The van der Waals surface area contributed by atoms with Gasteiger partial charge in [0.2, 0.25) is 0 Å². The van der Waals surface area contributed by atoms with E-state index in [1.807, 2.05) is 24.3 Å². The number of para-hydroxylation sites is 2. The molecule has 0 N–H and O–H groups in total. The zero-order chi connectivity index (χ0) is 17.5. The third-order valence-corrected chi connectivity index (χ3v) is 4.23. The van der Waals surface area contributed by atoms with Crippen LogP contribution in [0.25, 0.3) is 0 Å². The van der Waals surface area contributed by atoms with Crippen LogP contribution in [-0.2, 0) is 12.8 Å². The topological polar surface area (TPSA) is 3.24 Å². The molecule has 124 valence electrons. The molecule has 0 radical (unpaired) electrons. The Labute approximate surface area is 150 Å². The van der Waals surface area contributed by atoms with E-state index in [1.165, 1.54) is 16.8 Å².